The number of aliphatic carboxylic acids is 1. The molecule has 104 valence electrons. The second-order valence-electron chi connectivity index (χ2n) is 5.96. The summed E-state index contributed by atoms with van der Waals surface area (Å²) in [6, 6.07) is 9.83. The van der Waals surface area contributed by atoms with Gasteiger partial charge in [0.05, 0.1) is 5.41 Å². The molecule has 1 aliphatic rings. The fourth-order valence-electron chi connectivity index (χ4n) is 3.80. The molecule has 0 aliphatic heterocycles. The molecule has 1 fully saturated rings. The van der Waals surface area contributed by atoms with E-state index in [0.717, 1.165) is 24.8 Å². The van der Waals surface area contributed by atoms with Gasteiger partial charge in [0.2, 0.25) is 0 Å². The van der Waals surface area contributed by atoms with Gasteiger partial charge in [-0.05, 0) is 36.7 Å². The van der Waals surface area contributed by atoms with E-state index in [2.05, 4.69) is 6.92 Å². The topological polar surface area (TPSA) is 37.3 Å². The van der Waals surface area contributed by atoms with Gasteiger partial charge in [0.25, 0.3) is 0 Å². The van der Waals surface area contributed by atoms with Crippen LogP contribution in [0.25, 0.3) is 0 Å². The molecule has 3 unspecified atom stereocenters. The number of hydrogen-bond donors (Lipinski definition) is 1. The first-order valence-electron chi connectivity index (χ1n) is 7.40. The summed E-state index contributed by atoms with van der Waals surface area (Å²) in [5.41, 5.74) is 0.278. The van der Waals surface area contributed by atoms with Gasteiger partial charge in [-0.25, -0.2) is 0 Å². The summed E-state index contributed by atoms with van der Waals surface area (Å²) >= 11 is 0. The van der Waals surface area contributed by atoms with Crippen LogP contribution in [0, 0.1) is 11.8 Å². The normalized spacial score (nSPS) is 26.6. The van der Waals surface area contributed by atoms with Crippen molar-refractivity contribution >= 4 is 5.97 Å². The Kier molecular flexibility index (Phi) is 4.28. The summed E-state index contributed by atoms with van der Waals surface area (Å²) in [6.45, 7) is 4.26. The summed E-state index contributed by atoms with van der Waals surface area (Å²) in [4.78, 5) is 12.1. The molecule has 0 amide bonds. The molecule has 0 radical (unpaired) electrons. The largest absolute Gasteiger partial charge is 0.481 e. The zero-order chi connectivity index (χ0) is 13.9. The maximum Gasteiger partial charge on any atom is 0.314 e. The van der Waals surface area contributed by atoms with Crippen molar-refractivity contribution in [1.29, 1.82) is 0 Å². The molecule has 2 rings (SSSR count). The Morgan fingerprint density at radius 3 is 2.53 bits per heavy atom. The van der Waals surface area contributed by atoms with E-state index in [-0.39, 0.29) is 5.92 Å². The van der Waals surface area contributed by atoms with E-state index in [0.29, 0.717) is 12.3 Å². The van der Waals surface area contributed by atoms with Crippen LogP contribution in [-0.4, -0.2) is 11.1 Å². The molecular formula is C17H24O2. The molecule has 3 atom stereocenters. The van der Waals surface area contributed by atoms with Crippen LogP contribution < -0.4 is 0 Å². The van der Waals surface area contributed by atoms with Gasteiger partial charge in [-0.15, -0.1) is 0 Å². The first-order valence-corrected chi connectivity index (χ1v) is 7.40. The zero-order valence-electron chi connectivity index (χ0n) is 11.9. The SMILES string of the molecule is CCC(C(=O)O)(c1ccccc1)C1CCCC(C)C1. The van der Waals surface area contributed by atoms with Gasteiger partial charge < -0.3 is 5.11 Å². The average molecular weight is 260 g/mol. The molecule has 1 saturated carbocycles. The van der Waals surface area contributed by atoms with Gasteiger partial charge in [0.15, 0.2) is 0 Å². The van der Waals surface area contributed by atoms with E-state index >= 15 is 0 Å². The fourth-order valence-corrected chi connectivity index (χ4v) is 3.80. The third kappa shape index (κ3) is 2.54. The smallest absolute Gasteiger partial charge is 0.314 e. The lowest BCUT2D eigenvalue weighted by Gasteiger charge is -2.41. The quantitative estimate of drug-likeness (QED) is 0.879. The molecule has 1 aromatic carbocycles. The molecule has 0 spiro atoms. The van der Waals surface area contributed by atoms with Crippen LogP contribution in [0.4, 0.5) is 0 Å². The van der Waals surface area contributed by atoms with Gasteiger partial charge in [-0.1, -0.05) is 57.0 Å². The number of rotatable bonds is 4. The van der Waals surface area contributed by atoms with Crippen LogP contribution in [-0.2, 0) is 10.2 Å². The maximum atomic E-state index is 12.1. The summed E-state index contributed by atoms with van der Waals surface area (Å²) in [6.07, 6.45) is 5.15. The summed E-state index contributed by atoms with van der Waals surface area (Å²) < 4.78 is 0. The van der Waals surface area contributed by atoms with Gasteiger partial charge in [0, 0.05) is 0 Å². The lowest BCUT2D eigenvalue weighted by Crippen LogP contribution is -2.44. The van der Waals surface area contributed by atoms with E-state index < -0.39 is 11.4 Å². The van der Waals surface area contributed by atoms with Crippen LogP contribution in [0.5, 0.6) is 0 Å². The van der Waals surface area contributed by atoms with Crippen molar-refractivity contribution in [2.75, 3.05) is 0 Å². The van der Waals surface area contributed by atoms with E-state index in [1.54, 1.807) is 0 Å². The molecule has 1 aromatic rings. The Balaban J connectivity index is 2.42. The van der Waals surface area contributed by atoms with Crippen LogP contribution in [0.1, 0.15) is 51.5 Å². The number of carboxylic acids is 1. The Bertz CT molecular complexity index is 426. The highest BCUT2D eigenvalue weighted by atomic mass is 16.4. The number of benzene rings is 1. The van der Waals surface area contributed by atoms with Gasteiger partial charge >= 0.3 is 5.97 Å². The molecule has 2 heteroatoms. The van der Waals surface area contributed by atoms with Gasteiger partial charge in [0.1, 0.15) is 0 Å². The fraction of sp³-hybridized carbons (Fsp3) is 0.588. The van der Waals surface area contributed by atoms with Crippen LogP contribution >= 0.6 is 0 Å². The second kappa shape index (κ2) is 5.77. The molecule has 0 saturated heterocycles. The first-order chi connectivity index (χ1) is 9.11. The van der Waals surface area contributed by atoms with Crippen molar-refractivity contribution in [3.8, 4) is 0 Å². The van der Waals surface area contributed by atoms with Crippen molar-refractivity contribution < 1.29 is 9.90 Å². The number of hydrogen-bond acceptors (Lipinski definition) is 1. The molecule has 19 heavy (non-hydrogen) atoms. The van der Waals surface area contributed by atoms with Gasteiger partial charge in [-0.3, -0.25) is 4.79 Å². The predicted molar refractivity (Wildman–Crippen MR) is 77.2 cm³/mol. The zero-order valence-corrected chi connectivity index (χ0v) is 11.9. The lowest BCUT2D eigenvalue weighted by atomic mass is 9.62. The van der Waals surface area contributed by atoms with Crippen molar-refractivity contribution in [2.24, 2.45) is 11.8 Å². The van der Waals surface area contributed by atoms with E-state index in [9.17, 15) is 9.90 Å². The Morgan fingerprint density at radius 1 is 1.32 bits per heavy atom. The molecule has 1 aliphatic carbocycles. The Labute approximate surface area is 115 Å². The molecule has 0 heterocycles. The average Bonchev–Trinajstić information content (AvgIpc) is 2.41. The van der Waals surface area contributed by atoms with E-state index in [4.69, 9.17) is 0 Å². The summed E-state index contributed by atoms with van der Waals surface area (Å²) in [5, 5.41) is 9.92. The van der Waals surface area contributed by atoms with E-state index in [1.807, 2.05) is 37.3 Å². The van der Waals surface area contributed by atoms with Crippen LogP contribution in [0.3, 0.4) is 0 Å². The second-order valence-corrected chi connectivity index (χ2v) is 5.96. The van der Waals surface area contributed by atoms with Crippen molar-refractivity contribution in [1.82, 2.24) is 0 Å². The maximum absolute atomic E-state index is 12.1. The molecule has 0 bridgehead atoms. The van der Waals surface area contributed by atoms with Gasteiger partial charge in [-0.2, -0.15) is 0 Å². The monoisotopic (exact) mass is 260 g/mol. The van der Waals surface area contributed by atoms with Crippen molar-refractivity contribution in [2.45, 2.75) is 51.4 Å². The predicted octanol–water partition coefficient (Wildman–Crippen LogP) is 4.25. The molecular weight excluding hydrogens is 236 g/mol. The minimum Gasteiger partial charge on any atom is -0.481 e. The van der Waals surface area contributed by atoms with Crippen LogP contribution in [0.2, 0.25) is 0 Å². The molecule has 2 nitrogen and oxygen atoms in total. The standard InChI is InChI=1S/C17H24O2/c1-3-17(16(18)19,14-9-5-4-6-10-14)15-11-7-8-13(2)12-15/h4-6,9-10,13,15H,3,7-8,11-12H2,1-2H3,(H,18,19). The van der Waals surface area contributed by atoms with E-state index in [1.165, 1.54) is 6.42 Å². The first kappa shape index (κ1) is 14.1. The Morgan fingerprint density at radius 2 is 2.00 bits per heavy atom. The minimum atomic E-state index is -0.698. The summed E-state index contributed by atoms with van der Waals surface area (Å²) in [5.74, 6) is 0.259. The molecule has 1 N–H and O–H groups in total. The number of carboxylic acid groups (broad SMARTS) is 1. The highest BCUT2D eigenvalue weighted by Crippen LogP contribution is 2.45. The highest BCUT2D eigenvalue weighted by molar-refractivity contribution is 5.81. The molecule has 0 aromatic heterocycles. The third-order valence-corrected chi connectivity index (χ3v) is 4.86. The number of carbonyl (C=O) groups is 1. The minimum absolute atomic E-state index is 0.265. The van der Waals surface area contributed by atoms with Crippen LogP contribution in [0.15, 0.2) is 30.3 Å². The highest BCUT2D eigenvalue weighted by Gasteiger charge is 2.46. The third-order valence-electron chi connectivity index (χ3n) is 4.86. The van der Waals surface area contributed by atoms with Crippen molar-refractivity contribution in [3.63, 3.8) is 0 Å². The van der Waals surface area contributed by atoms with Crippen molar-refractivity contribution in [3.05, 3.63) is 35.9 Å². The Hall–Kier alpha value is -1.31. The lowest BCUT2D eigenvalue weighted by molar-refractivity contribution is -0.147. The summed E-state index contributed by atoms with van der Waals surface area (Å²) in [7, 11) is 0.